The van der Waals surface area contributed by atoms with Crippen molar-refractivity contribution in [3.63, 3.8) is 0 Å². The Kier molecular flexibility index (Phi) is 4.63. The highest BCUT2D eigenvalue weighted by Gasteiger charge is 2.06. The third-order valence-electron chi connectivity index (χ3n) is 2.15. The minimum atomic E-state index is 0.358. The van der Waals surface area contributed by atoms with Gasteiger partial charge in [0.1, 0.15) is 11.6 Å². The molecule has 0 unspecified atom stereocenters. The first-order valence-corrected chi connectivity index (χ1v) is 7.33. The van der Waals surface area contributed by atoms with Gasteiger partial charge in [0.05, 0.1) is 6.54 Å². The van der Waals surface area contributed by atoms with Crippen LogP contribution >= 0.6 is 23.1 Å². The predicted octanol–water partition coefficient (Wildman–Crippen LogP) is 1.31. The lowest BCUT2D eigenvalue weighted by atomic mass is 10.3. The number of thiophene rings is 1. The number of thioether (sulfide) groups is 1. The summed E-state index contributed by atoms with van der Waals surface area (Å²) in [6, 6.07) is 3.52. The van der Waals surface area contributed by atoms with Crippen LogP contribution in [0.1, 0.15) is 10.4 Å². The second-order valence-corrected chi connectivity index (χ2v) is 5.50. The van der Waals surface area contributed by atoms with Crippen LogP contribution in [0.15, 0.2) is 22.7 Å². The van der Waals surface area contributed by atoms with Gasteiger partial charge in [-0.25, -0.2) is 9.97 Å². The first kappa shape index (κ1) is 13.7. The maximum atomic E-state index is 5.63. The van der Waals surface area contributed by atoms with Crippen LogP contribution in [0, 0.1) is 11.8 Å². The molecule has 19 heavy (non-hydrogen) atoms. The van der Waals surface area contributed by atoms with E-state index in [1.807, 2.05) is 11.4 Å². The molecule has 0 amide bonds. The topological polar surface area (TPSA) is 104 Å². The average molecular weight is 291 g/mol. The van der Waals surface area contributed by atoms with E-state index in [0.717, 1.165) is 16.2 Å². The number of nitrogens with two attached hydrogens (primary N) is 3. The highest BCUT2D eigenvalue weighted by atomic mass is 32.2. The molecule has 2 aromatic rings. The van der Waals surface area contributed by atoms with Crippen molar-refractivity contribution in [3.8, 4) is 11.8 Å². The number of hydrogen-bond donors (Lipinski definition) is 3. The van der Waals surface area contributed by atoms with Crippen molar-refractivity contribution in [2.75, 3.05) is 18.0 Å². The van der Waals surface area contributed by atoms with Crippen molar-refractivity contribution in [1.29, 1.82) is 0 Å². The van der Waals surface area contributed by atoms with Crippen LogP contribution in [0.2, 0.25) is 0 Å². The number of aromatic nitrogens is 2. The molecule has 98 valence electrons. The van der Waals surface area contributed by atoms with Crippen LogP contribution in [0.4, 0.5) is 11.6 Å². The first-order valence-electron chi connectivity index (χ1n) is 5.47. The Balaban J connectivity index is 2.08. The molecule has 0 aliphatic carbocycles. The fourth-order valence-electron chi connectivity index (χ4n) is 1.37. The van der Waals surface area contributed by atoms with Gasteiger partial charge in [0.15, 0.2) is 5.16 Å². The second-order valence-electron chi connectivity index (χ2n) is 3.55. The Morgan fingerprint density at radius 2 is 2.00 bits per heavy atom. The number of anilines is 2. The summed E-state index contributed by atoms with van der Waals surface area (Å²) in [5.41, 5.74) is 17.6. The average Bonchev–Trinajstić information content (AvgIpc) is 2.80. The molecule has 5 nitrogen and oxygen atoms in total. The summed E-state index contributed by atoms with van der Waals surface area (Å²) < 4.78 is 0. The zero-order valence-corrected chi connectivity index (χ0v) is 11.7. The van der Waals surface area contributed by atoms with E-state index in [-0.39, 0.29) is 0 Å². The lowest BCUT2D eigenvalue weighted by molar-refractivity contribution is 0.984. The van der Waals surface area contributed by atoms with Crippen molar-refractivity contribution in [2.45, 2.75) is 10.9 Å². The van der Waals surface area contributed by atoms with Crippen LogP contribution in [0.5, 0.6) is 0 Å². The molecule has 0 saturated heterocycles. The Morgan fingerprint density at radius 1 is 1.26 bits per heavy atom. The Hall–Kier alpha value is -1.75. The summed E-state index contributed by atoms with van der Waals surface area (Å²) in [6.45, 7) is 0.358. The molecule has 0 aliphatic rings. The van der Waals surface area contributed by atoms with Crippen LogP contribution in [-0.4, -0.2) is 16.5 Å². The predicted molar refractivity (Wildman–Crippen MR) is 80.7 cm³/mol. The molecule has 0 aliphatic heterocycles. The van der Waals surface area contributed by atoms with Gasteiger partial charge in [-0.3, -0.25) is 0 Å². The molecular formula is C12H13N5S2. The summed E-state index contributed by atoms with van der Waals surface area (Å²) in [6.07, 6.45) is 0. The van der Waals surface area contributed by atoms with E-state index in [2.05, 4.69) is 21.8 Å². The SMILES string of the molecule is NCC#Cc1ccsc1CSc1nc(N)cc(N)n1. The highest BCUT2D eigenvalue weighted by Crippen LogP contribution is 2.26. The molecule has 6 N–H and O–H groups in total. The zero-order valence-electron chi connectivity index (χ0n) is 10.1. The smallest absolute Gasteiger partial charge is 0.191 e. The van der Waals surface area contributed by atoms with Gasteiger partial charge >= 0.3 is 0 Å². The van der Waals surface area contributed by atoms with Crippen molar-refractivity contribution >= 4 is 34.7 Å². The molecule has 2 heterocycles. The van der Waals surface area contributed by atoms with Gasteiger partial charge in [-0.2, -0.15) is 0 Å². The minimum absolute atomic E-state index is 0.358. The normalized spacial score (nSPS) is 9.95. The maximum absolute atomic E-state index is 5.63. The maximum Gasteiger partial charge on any atom is 0.191 e. The van der Waals surface area contributed by atoms with Crippen LogP contribution in [0.3, 0.4) is 0 Å². The molecule has 0 fully saturated rings. The van der Waals surface area contributed by atoms with Gasteiger partial charge in [0.2, 0.25) is 0 Å². The minimum Gasteiger partial charge on any atom is -0.383 e. The van der Waals surface area contributed by atoms with Gasteiger partial charge in [-0.1, -0.05) is 23.6 Å². The van der Waals surface area contributed by atoms with E-state index in [4.69, 9.17) is 17.2 Å². The largest absolute Gasteiger partial charge is 0.383 e. The van der Waals surface area contributed by atoms with Crippen molar-refractivity contribution in [3.05, 3.63) is 28.0 Å². The Labute approximate surface area is 119 Å². The summed E-state index contributed by atoms with van der Waals surface area (Å²) in [4.78, 5) is 9.41. The third kappa shape index (κ3) is 3.86. The second kappa shape index (κ2) is 6.43. The monoisotopic (exact) mass is 291 g/mol. The van der Waals surface area contributed by atoms with E-state index in [0.29, 0.717) is 23.3 Å². The van der Waals surface area contributed by atoms with Crippen LogP contribution in [0.25, 0.3) is 0 Å². The highest BCUT2D eigenvalue weighted by molar-refractivity contribution is 7.98. The standard InChI is InChI=1S/C12H13N5S2/c13-4-1-2-8-3-5-18-9(8)7-19-12-16-10(14)6-11(15)17-12/h3,5-6H,4,7,13H2,(H4,14,15,16,17). The van der Waals surface area contributed by atoms with Gasteiger partial charge in [-0.05, 0) is 11.4 Å². The van der Waals surface area contributed by atoms with E-state index in [9.17, 15) is 0 Å². The fraction of sp³-hybridized carbons (Fsp3) is 0.167. The summed E-state index contributed by atoms with van der Waals surface area (Å²) >= 11 is 3.13. The molecule has 0 saturated carbocycles. The summed E-state index contributed by atoms with van der Waals surface area (Å²) in [7, 11) is 0. The molecule has 0 aromatic carbocycles. The van der Waals surface area contributed by atoms with E-state index in [1.165, 1.54) is 17.8 Å². The van der Waals surface area contributed by atoms with Gasteiger partial charge < -0.3 is 17.2 Å². The molecule has 0 radical (unpaired) electrons. The van der Waals surface area contributed by atoms with Crippen LogP contribution in [-0.2, 0) is 5.75 Å². The number of rotatable bonds is 3. The molecule has 2 rings (SSSR count). The van der Waals surface area contributed by atoms with E-state index < -0.39 is 0 Å². The van der Waals surface area contributed by atoms with Crippen molar-refractivity contribution in [1.82, 2.24) is 9.97 Å². The summed E-state index contributed by atoms with van der Waals surface area (Å²) in [5.74, 6) is 7.38. The first-order chi connectivity index (χ1) is 9.19. The van der Waals surface area contributed by atoms with Crippen molar-refractivity contribution in [2.24, 2.45) is 5.73 Å². The van der Waals surface area contributed by atoms with E-state index >= 15 is 0 Å². The number of nitrogen functional groups attached to an aromatic ring is 2. The van der Waals surface area contributed by atoms with Gasteiger partial charge in [0.25, 0.3) is 0 Å². The lowest BCUT2D eigenvalue weighted by Gasteiger charge is -2.02. The Morgan fingerprint density at radius 3 is 2.68 bits per heavy atom. The van der Waals surface area contributed by atoms with Gasteiger partial charge in [-0.15, -0.1) is 11.3 Å². The number of nitrogens with zero attached hydrogens (tertiary/aromatic N) is 2. The number of hydrogen-bond acceptors (Lipinski definition) is 7. The molecule has 0 bridgehead atoms. The van der Waals surface area contributed by atoms with Gasteiger partial charge in [0, 0.05) is 22.3 Å². The fourth-order valence-corrected chi connectivity index (χ4v) is 3.19. The third-order valence-corrected chi connectivity index (χ3v) is 4.13. The molecule has 0 atom stereocenters. The molecule has 7 heteroatoms. The van der Waals surface area contributed by atoms with Crippen LogP contribution < -0.4 is 17.2 Å². The molecule has 2 aromatic heterocycles. The Bertz CT molecular complexity index is 606. The molecule has 0 spiro atoms. The van der Waals surface area contributed by atoms with Crippen molar-refractivity contribution < 1.29 is 0 Å². The summed E-state index contributed by atoms with van der Waals surface area (Å²) in [5, 5.41) is 2.58. The quantitative estimate of drug-likeness (QED) is 0.447. The zero-order chi connectivity index (χ0) is 13.7. The van der Waals surface area contributed by atoms with E-state index in [1.54, 1.807) is 11.3 Å². The lowest BCUT2D eigenvalue weighted by Crippen LogP contribution is -1.99. The molecular weight excluding hydrogens is 278 g/mol.